The molecule has 0 amide bonds. The molecule has 1 aliphatic rings. The number of carbonyl (C=O) groups is 2. The molecule has 0 fully saturated rings. The molecule has 0 unspecified atom stereocenters. The molecule has 43 heavy (non-hydrogen) atoms. The minimum absolute atomic E-state index is 0.206. The molecule has 0 aliphatic heterocycles. The Balaban J connectivity index is 1.98. The first-order valence-corrected chi connectivity index (χ1v) is 17.0. The van der Waals surface area contributed by atoms with E-state index >= 15 is 0 Å². The SMILES string of the molecule is CCCCC[C@H](O)/C=C/[C@@H]1C(SCCCCCC(=O)OC)=C(OC(=O)C(C)(C)CCCCOc2ccc(Cl)cc2)C[C@H]1O. The maximum absolute atomic E-state index is 13.3. The first-order chi connectivity index (χ1) is 20.6. The second kappa shape index (κ2) is 20.1. The Bertz CT molecular complexity index is 1040. The number of carbonyl (C=O) groups excluding carboxylic acids is 2. The van der Waals surface area contributed by atoms with Crippen molar-refractivity contribution in [1.29, 1.82) is 0 Å². The third-order valence-electron chi connectivity index (χ3n) is 7.59. The smallest absolute Gasteiger partial charge is 0.316 e. The topological polar surface area (TPSA) is 102 Å². The summed E-state index contributed by atoms with van der Waals surface area (Å²) in [6, 6.07) is 7.25. The van der Waals surface area contributed by atoms with Gasteiger partial charge in [0.05, 0.1) is 31.3 Å². The number of thioether (sulfide) groups is 1. The van der Waals surface area contributed by atoms with Crippen molar-refractivity contribution in [1.82, 2.24) is 0 Å². The second-order valence-electron chi connectivity index (χ2n) is 11.8. The highest BCUT2D eigenvalue weighted by atomic mass is 35.5. The van der Waals surface area contributed by atoms with Crippen LogP contribution in [0.3, 0.4) is 0 Å². The molecule has 242 valence electrons. The van der Waals surface area contributed by atoms with E-state index in [2.05, 4.69) is 6.92 Å². The fourth-order valence-corrected chi connectivity index (χ4v) is 6.19. The molecule has 0 aromatic heterocycles. The van der Waals surface area contributed by atoms with Gasteiger partial charge in [-0.25, -0.2) is 0 Å². The van der Waals surface area contributed by atoms with E-state index in [4.69, 9.17) is 25.8 Å². The minimum atomic E-state index is -0.725. The van der Waals surface area contributed by atoms with Crippen molar-refractivity contribution in [2.45, 2.75) is 110 Å². The first kappa shape index (κ1) is 37.2. The van der Waals surface area contributed by atoms with E-state index in [0.29, 0.717) is 36.7 Å². The lowest BCUT2D eigenvalue weighted by Gasteiger charge is -2.23. The van der Waals surface area contributed by atoms with Crippen LogP contribution in [-0.4, -0.2) is 53.8 Å². The number of ether oxygens (including phenoxy) is 3. The van der Waals surface area contributed by atoms with Gasteiger partial charge in [0, 0.05) is 28.7 Å². The molecule has 2 rings (SSSR count). The zero-order valence-electron chi connectivity index (χ0n) is 26.3. The van der Waals surface area contributed by atoms with Crippen LogP contribution in [-0.2, 0) is 19.1 Å². The standard InChI is InChI=1S/C34H51ClO7S/c1-5-6-8-13-26(36)17-20-28-29(37)24-30(32(28)43-23-12-7-9-14-31(38)40-4)42-33(39)34(2,3)21-10-11-22-41-27-18-15-25(35)16-19-27/h15-20,26,28-29,36-37H,5-14,21-24H2,1-4H3/b20-17+/t26-,28-,29+/m0/s1. The highest BCUT2D eigenvalue weighted by Gasteiger charge is 2.37. The molecule has 2 N–H and O–H groups in total. The summed E-state index contributed by atoms with van der Waals surface area (Å²) in [5, 5.41) is 22.1. The Morgan fingerprint density at radius 3 is 2.53 bits per heavy atom. The molecule has 7 nitrogen and oxygen atoms in total. The zero-order chi connectivity index (χ0) is 31.7. The maximum Gasteiger partial charge on any atom is 0.316 e. The van der Waals surface area contributed by atoms with Gasteiger partial charge in [-0.1, -0.05) is 56.4 Å². The first-order valence-electron chi connectivity index (χ1n) is 15.6. The van der Waals surface area contributed by atoms with Crippen molar-refractivity contribution in [3.8, 4) is 5.75 Å². The number of esters is 2. The van der Waals surface area contributed by atoms with Crippen LogP contribution < -0.4 is 4.74 Å². The predicted molar refractivity (Wildman–Crippen MR) is 174 cm³/mol. The number of hydrogen-bond acceptors (Lipinski definition) is 8. The van der Waals surface area contributed by atoms with Gasteiger partial charge in [0.25, 0.3) is 0 Å². The van der Waals surface area contributed by atoms with Crippen LogP contribution in [0.5, 0.6) is 5.75 Å². The van der Waals surface area contributed by atoms with E-state index in [1.807, 2.05) is 32.1 Å². The van der Waals surface area contributed by atoms with Crippen molar-refractivity contribution in [3.05, 3.63) is 52.1 Å². The lowest BCUT2D eigenvalue weighted by atomic mass is 9.87. The third-order valence-corrected chi connectivity index (χ3v) is 9.14. The molecule has 1 aromatic carbocycles. The summed E-state index contributed by atoms with van der Waals surface area (Å²) < 4.78 is 16.5. The largest absolute Gasteiger partial charge is 0.494 e. The van der Waals surface area contributed by atoms with Gasteiger partial charge < -0.3 is 24.4 Å². The van der Waals surface area contributed by atoms with Crippen LogP contribution in [0.2, 0.25) is 5.02 Å². The van der Waals surface area contributed by atoms with E-state index in [1.165, 1.54) is 7.11 Å². The van der Waals surface area contributed by atoms with Crippen molar-refractivity contribution in [2.24, 2.45) is 11.3 Å². The van der Waals surface area contributed by atoms with Crippen molar-refractivity contribution < 1.29 is 34.0 Å². The van der Waals surface area contributed by atoms with Crippen LogP contribution in [0.1, 0.15) is 97.8 Å². The molecule has 9 heteroatoms. The summed E-state index contributed by atoms with van der Waals surface area (Å²) in [7, 11) is 1.39. The van der Waals surface area contributed by atoms with Gasteiger partial charge in [-0.3, -0.25) is 9.59 Å². The van der Waals surface area contributed by atoms with Gasteiger partial charge in [-0.2, -0.15) is 0 Å². The van der Waals surface area contributed by atoms with Crippen LogP contribution >= 0.6 is 23.4 Å². The molecule has 3 atom stereocenters. The van der Waals surface area contributed by atoms with Gasteiger partial charge in [-0.15, -0.1) is 11.8 Å². The van der Waals surface area contributed by atoms with Crippen LogP contribution in [0.15, 0.2) is 47.1 Å². The summed E-state index contributed by atoms with van der Waals surface area (Å²) >= 11 is 7.51. The van der Waals surface area contributed by atoms with Crippen molar-refractivity contribution in [2.75, 3.05) is 19.5 Å². The highest BCUT2D eigenvalue weighted by Crippen LogP contribution is 2.42. The van der Waals surface area contributed by atoms with Gasteiger partial charge in [0.1, 0.15) is 11.5 Å². The number of benzene rings is 1. The number of methoxy groups -OCH3 is 1. The third kappa shape index (κ3) is 14.1. The van der Waals surface area contributed by atoms with Crippen LogP contribution in [0, 0.1) is 11.3 Å². The van der Waals surface area contributed by atoms with Crippen LogP contribution in [0.4, 0.5) is 0 Å². The second-order valence-corrected chi connectivity index (χ2v) is 13.4. The van der Waals surface area contributed by atoms with Crippen LogP contribution in [0.25, 0.3) is 0 Å². The maximum atomic E-state index is 13.3. The van der Waals surface area contributed by atoms with E-state index < -0.39 is 17.6 Å². The number of rotatable bonds is 21. The zero-order valence-corrected chi connectivity index (χ0v) is 27.9. The molecule has 0 radical (unpaired) electrons. The summed E-state index contributed by atoms with van der Waals surface area (Å²) in [6.07, 6.45) is 11.5. The van der Waals surface area contributed by atoms with Crippen molar-refractivity contribution >= 4 is 35.3 Å². The Kier molecular flexibility index (Phi) is 17.4. The minimum Gasteiger partial charge on any atom is -0.494 e. The summed E-state index contributed by atoms with van der Waals surface area (Å²) in [4.78, 5) is 25.6. The normalized spacial score (nSPS) is 17.8. The highest BCUT2D eigenvalue weighted by molar-refractivity contribution is 8.03. The van der Waals surface area contributed by atoms with E-state index in [0.717, 1.165) is 67.8 Å². The summed E-state index contributed by atoms with van der Waals surface area (Å²) in [6.45, 7) is 6.45. The van der Waals surface area contributed by atoms with E-state index in [1.54, 1.807) is 30.0 Å². The molecule has 0 saturated carbocycles. The van der Waals surface area contributed by atoms with Gasteiger partial charge >= 0.3 is 11.9 Å². The lowest BCUT2D eigenvalue weighted by molar-refractivity contribution is -0.150. The summed E-state index contributed by atoms with van der Waals surface area (Å²) in [5.74, 6) is 1.20. The monoisotopic (exact) mass is 638 g/mol. The van der Waals surface area contributed by atoms with E-state index in [-0.39, 0.29) is 24.3 Å². The molecule has 0 bridgehead atoms. The number of aliphatic hydroxyl groups is 2. The molecule has 0 spiro atoms. The molecule has 0 saturated heterocycles. The molecular formula is C34H51ClO7S. The lowest BCUT2D eigenvalue weighted by Crippen LogP contribution is -2.26. The Hall–Kier alpha value is -2.00. The number of halogens is 1. The predicted octanol–water partition coefficient (Wildman–Crippen LogP) is 8.01. The quantitative estimate of drug-likeness (QED) is 0.0793. The fourth-order valence-electron chi connectivity index (χ4n) is 4.78. The van der Waals surface area contributed by atoms with Gasteiger partial charge in [0.2, 0.25) is 0 Å². The Morgan fingerprint density at radius 2 is 1.84 bits per heavy atom. The average Bonchev–Trinajstić information content (AvgIpc) is 3.27. The van der Waals surface area contributed by atoms with Gasteiger partial charge in [-0.05, 0) is 82.4 Å². The number of aliphatic hydroxyl groups excluding tert-OH is 2. The molecule has 0 heterocycles. The summed E-state index contributed by atoms with van der Waals surface area (Å²) in [5.41, 5.74) is -0.703. The fraction of sp³-hybridized carbons (Fsp3) is 0.647. The Labute approximate surface area is 267 Å². The molecule has 1 aliphatic carbocycles. The molecule has 1 aromatic rings. The average molecular weight is 639 g/mol. The number of unbranched alkanes of at least 4 members (excludes halogenated alkanes) is 5. The van der Waals surface area contributed by atoms with Gasteiger partial charge in [0.15, 0.2) is 0 Å². The Morgan fingerprint density at radius 1 is 1.09 bits per heavy atom. The number of hydrogen-bond donors (Lipinski definition) is 2. The van der Waals surface area contributed by atoms with Crippen molar-refractivity contribution in [3.63, 3.8) is 0 Å². The van der Waals surface area contributed by atoms with E-state index in [9.17, 15) is 19.8 Å². The molecular weight excluding hydrogens is 588 g/mol.